The van der Waals surface area contributed by atoms with Crippen LogP contribution in [0.5, 0.6) is 0 Å². The molecule has 1 fully saturated rings. The van der Waals surface area contributed by atoms with Crippen molar-refractivity contribution < 1.29 is 43.6 Å². The fourth-order valence-electron chi connectivity index (χ4n) is 2.53. The predicted molar refractivity (Wildman–Crippen MR) is 90.7 cm³/mol. The van der Waals surface area contributed by atoms with Crippen LogP contribution < -0.4 is 11.1 Å². The monoisotopic (exact) mass is 492 g/mol. The van der Waals surface area contributed by atoms with Crippen molar-refractivity contribution in [2.45, 2.75) is 30.6 Å². The summed E-state index contributed by atoms with van der Waals surface area (Å²) in [5.74, 6) is -2.93. The number of aliphatic carboxylic acids is 1. The maximum atomic E-state index is 12.0. The average molecular weight is 492 g/mol. The van der Waals surface area contributed by atoms with E-state index in [-0.39, 0.29) is 0 Å². The number of carbonyl (C=O) groups excluding carboxylic acids is 1. The highest BCUT2D eigenvalue weighted by atomic mass is 127. The summed E-state index contributed by atoms with van der Waals surface area (Å²) in [7, 11) is -4.41. The van der Waals surface area contributed by atoms with Gasteiger partial charge in [0.25, 0.3) is 0 Å². The van der Waals surface area contributed by atoms with Crippen LogP contribution in [0.15, 0.2) is 9.66 Å². The van der Waals surface area contributed by atoms with E-state index in [2.05, 4.69) is 9.84 Å². The van der Waals surface area contributed by atoms with Gasteiger partial charge in [-0.05, 0) is 22.6 Å². The van der Waals surface area contributed by atoms with Crippen molar-refractivity contribution in [2.75, 3.05) is 12.8 Å². The first kappa shape index (κ1) is 20.7. The molecule has 0 radical (unpaired) electrons. The molecule has 0 aliphatic carbocycles. The Morgan fingerprint density at radius 3 is 2.68 bits per heavy atom. The van der Waals surface area contributed by atoms with E-state index >= 15 is 0 Å². The van der Waals surface area contributed by atoms with Crippen LogP contribution in [0.1, 0.15) is 0 Å². The Kier molecular flexibility index (Phi) is 6.60. The number of aliphatic hydroxyl groups excluding tert-OH is 2. The van der Waals surface area contributed by atoms with Crippen molar-refractivity contribution in [3.63, 3.8) is 0 Å². The lowest BCUT2D eigenvalue weighted by molar-refractivity contribution is -0.134. The van der Waals surface area contributed by atoms with Gasteiger partial charge in [0, 0.05) is 3.58 Å². The smallest absolute Gasteiger partial charge is 0.339 e. The molecule has 0 aromatic rings. The number of hydrogen-bond donors (Lipinski definition) is 6. The lowest BCUT2D eigenvalue weighted by atomic mass is 9.93. The van der Waals surface area contributed by atoms with Gasteiger partial charge >= 0.3 is 13.6 Å². The van der Waals surface area contributed by atoms with E-state index in [9.17, 15) is 29.3 Å². The molecule has 1 saturated heterocycles. The Labute approximate surface area is 155 Å². The number of nitrogens with two attached hydrogens (primary N) is 1. The summed E-state index contributed by atoms with van der Waals surface area (Å²) in [5, 5.41) is 31.2. The lowest BCUT2D eigenvalue weighted by Gasteiger charge is -2.29. The second-order valence-electron chi connectivity index (χ2n) is 5.67. The molecule has 0 saturated carbocycles. The standard InChI is InChI=1S/C12H18IN2O9P/c13-5-1-4(12(20)15-11(5)14)10-9(19)8(18)6(24-10)2-23-25(21,22)3-7(16)17/h1,4,6,8-11,18-19H,2-3,14H2,(H,15,20)(H,16,17)(H,21,22)/t4?,6-,8-,9+,10+,11?/m1/s1. The number of rotatable bonds is 6. The number of carboxylic acids is 1. The molecule has 2 rings (SSSR count). The van der Waals surface area contributed by atoms with E-state index in [0.717, 1.165) is 0 Å². The van der Waals surface area contributed by atoms with Crippen molar-refractivity contribution in [3.8, 4) is 0 Å². The fourth-order valence-corrected chi connectivity index (χ4v) is 3.89. The van der Waals surface area contributed by atoms with Crippen LogP contribution in [0, 0.1) is 5.92 Å². The second kappa shape index (κ2) is 7.96. The third kappa shape index (κ3) is 4.98. The first-order chi connectivity index (χ1) is 11.5. The number of halogens is 1. The first-order valence-corrected chi connectivity index (χ1v) is 9.99. The minimum Gasteiger partial charge on any atom is -0.481 e. The zero-order chi connectivity index (χ0) is 18.9. The van der Waals surface area contributed by atoms with Gasteiger partial charge in [0.15, 0.2) is 0 Å². The van der Waals surface area contributed by atoms with Gasteiger partial charge in [0.2, 0.25) is 5.91 Å². The predicted octanol–water partition coefficient (Wildman–Crippen LogP) is -1.89. The van der Waals surface area contributed by atoms with E-state index in [1.807, 2.05) is 22.6 Å². The fraction of sp³-hybridized carbons (Fsp3) is 0.667. The molecule has 142 valence electrons. The summed E-state index contributed by atoms with van der Waals surface area (Å²) in [5.41, 5.74) is 5.67. The molecule has 13 heteroatoms. The Morgan fingerprint density at radius 1 is 1.44 bits per heavy atom. The largest absolute Gasteiger partial charge is 0.481 e. The van der Waals surface area contributed by atoms with Crippen LogP contribution in [0.3, 0.4) is 0 Å². The molecule has 2 aliphatic heterocycles. The third-order valence-corrected chi connectivity index (χ3v) is 6.02. The molecule has 0 bridgehead atoms. The molecule has 11 nitrogen and oxygen atoms in total. The van der Waals surface area contributed by atoms with Crippen molar-refractivity contribution in [1.29, 1.82) is 0 Å². The van der Waals surface area contributed by atoms with E-state index in [1.165, 1.54) is 6.08 Å². The Morgan fingerprint density at radius 2 is 2.08 bits per heavy atom. The molecular formula is C12H18IN2O9P. The van der Waals surface area contributed by atoms with Gasteiger partial charge in [-0.25, -0.2) is 0 Å². The van der Waals surface area contributed by atoms with Crippen LogP contribution in [0.25, 0.3) is 0 Å². The van der Waals surface area contributed by atoms with Crippen molar-refractivity contribution >= 4 is 42.1 Å². The van der Waals surface area contributed by atoms with Crippen molar-refractivity contribution in [2.24, 2.45) is 11.7 Å². The van der Waals surface area contributed by atoms with E-state index in [4.69, 9.17) is 15.6 Å². The molecule has 1 amide bonds. The lowest BCUT2D eigenvalue weighted by Crippen LogP contribution is -2.52. The molecule has 0 spiro atoms. The summed E-state index contributed by atoms with van der Waals surface area (Å²) >= 11 is 1.92. The van der Waals surface area contributed by atoms with E-state index in [0.29, 0.717) is 3.58 Å². The van der Waals surface area contributed by atoms with Gasteiger partial charge in [-0.15, -0.1) is 0 Å². The van der Waals surface area contributed by atoms with Gasteiger partial charge < -0.3 is 40.5 Å². The van der Waals surface area contributed by atoms with Crippen LogP contribution in [-0.4, -0.2) is 75.4 Å². The quantitative estimate of drug-likeness (QED) is 0.181. The molecule has 7 N–H and O–H groups in total. The molecule has 2 heterocycles. The molecule has 0 aromatic heterocycles. The van der Waals surface area contributed by atoms with Crippen molar-refractivity contribution in [1.82, 2.24) is 5.32 Å². The molecule has 2 aliphatic rings. The number of amides is 1. The van der Waals surface area contributed by atoms with E-state index < -0.39 is 68.7 Å². The number of carboxylic acid groups (broad SMARTS) is 1. The highest BCUT2D eigenvalue weighted by molar-refractivity contribution is 14.1. The average Bonchev–Trinajstić information content (AvgIpc) is 2.76. The Bertz CT molecular complexity index is 630. The zero-order valence-electron chi connectivity index (χ0n) is 12.7. The van der Waals surface area contributed by atoms with Gasteiger partial charge in [-0.3, -0.25) is 14.2 Å². The van der Waals surface area contributed by atoms with Crippen LogP contribution in [-0.2, 0) is 23.4 Å². The second-order valence-corrected chi connectivity index (χ2v) is 8.76. The topological polar surface area (TPSA) is 189 Å². The highest BCUT2D eigenvalue weighted by Crippen LogP contribution is 2.42. The summed E-state index contributed by atoms with van der Waals surface area (Å²) in [6.07, 6.45) is -5.51. The highest BCUT2D eigenvalue weighted by Gasteiger charge is 2.49. The van der Waals surface area contributed by atoms with Gasteiger partial charge in [0.1, 0.15) is 36.7 Å². The molecule has 25 heavy (non-hydrogen) atoms. The number of hydrogen-bond acceptors (Lipinski definition) is 8. The van der Waals surface area contributed by atoms with Crippen LogP contribution in [0.2, 0.25) is 0 Å². The van der Waals surface area contributed by atoms with Crippen LogP contribution in [0.4, 0.5) is 0 Å². The summed E-state index contributed by atoms with van der Waals surface area (Å²) in [6, 6.07) is 0. The van der Waals surface area contributed by atoms with Crippen molar-refractivity contribution in [3.05, 3.63) is 9.66 Å². The third-order valence-electron chi connectivity index (χ3n) is 3.77. The SMILES string of the molecule is NC1NC(=O)C([C@@H]2O[C@H](COP(=O)(O)CC(=O)O)[C@@H](O)[C@@H]2O)C=C1I. The minimum atomic E-state index is -4.41. The molecular weight excluding hydrogens is 474 g/mol. The van der Waals surface area contributed by atoms with Gasteiger partial charge in [-0.2, -0.15) is 0 Å². The number of aliphatic hydroxyl groups is 2. The summed E-state index contributed by atoms with van der Waals surface area (Å²) in [4.78, 5) is 31.9. The minimum absolute atomic E-state index is 0.496. The molecule has 3 unspecified atom stereocenters. The number of nitrogens with one attached hydrogen (secondary N) is 1. The summed E-state index contributed by atoms with van der Waals surface area (Å²) < 4.78 is 22.2. The van der Waals surface area contributed by atoms with Crippen LogP contribution >= 0.6 is 30.2 Å². The van der Waals surface area contributed by atoms with Gasteiger partial charge in [0.05, 0.1) is 12.5 Å². The Balaban J connectivity index is 2.04. The molecule has 0 aromatic carbocycles. The number of ether oxygens (including phenoxy) is 1. The maximum Gasteiger partial charge on any atom is 0.339 e. The van der Waals surface area contributed by atoms with E-state index in [1.54, 1.807) is 0 Å². The summed E-state index contributed by atoms with van der Waals surface area (Å²) in [6.45, 7) is -0.621. The normalized spacial score (nSPS) is 38.0. The maximum absolute atomic E-state index is 12.0. The molecule has 7 atom stereocenters. The first-order valence-electron chi connectivity index (χ1n) is 7.15. The van der Waals surface area contributed by atoms with Gasteiger partial charge in [-0.1, -0.05) is 6.08 Å². The Hall–Kier alpha value is -0.600. The number of carbonyl (C=O) groups is 2. The zero-order valence-corrected chi connectivity index (χ0v) is 15.7.